The van der Waals surface area contributed by atoms with Crippen LogP contribution in [-0.2, 0) is 0 Å². The molecular formula is C17H26N4O3. The first-order valence-corrected chi connectivity index (χ1v) is 8.56. The summed E-state index contributed by atoms with van der Waals surface area (Å²) in [6, 6.07) is 3.72. The molecule has 0 spiro atoms. The number of β-amino-alcohol motifs (C(OH)–C–C–N with tert-alkyl or cyclic N) is 1. The molecule has 1 N–H and O–H groups in total. The first-order valence-electron chi connectivity index (χ1n) is 8.56. The Morgan fingerprint density at radius 2 is 1.96 bits per heavy atom. The van der Waals surface area contributed by atoms with Gasteiger partial charge in [0.05, 0.1) is 12.3 Å². The summed E-state index contributed by atoms with van der Waals surface area (Å²) >= 11 is 0. The first-order chi connectivity index (χ1) is 11.5. The number of piperazine rings is 1. The summed E-state index contributed by atoms with van der Waals surface area (Å²) in [7, 11) is 0. The molecule has 0 unspecified atom stereocenters. The van der Waals surface area contributed by atoms with Gasteiger partial charge in [0.1, 0.15) is 11.9 Å². The maximum atomic E-state index is 10.2. The molecule has 0 radical (unpaired) electrons. The Morgan fingerprint density at radius 3 is 2.54 bits per heavy atom. The summed E-state index contributed by atoms with van der Waals surface area (Å²) in [6.07, 6.45) is 1.02. The van der Waals surface area contributed by atoms with Crippen LogP contribution >= 0.6 is 0 Å². The highest BCUT2D eigenvalue weighted by Crippen LogP contribution is 2.23. The molecule has 1 fully saturated rings. The smallest absolute Gasteiger partial charge is 0.243 e. The zero-order valence-electron chi connectivity index (χ0n) is 14.6. The van der Waals surface area contributed by atoms with Crippen molar-refractivity contribution in [3.05, 3.63) is 35.9 Å². The fourth-order valence-corrected chi connectivity index (χ4v) is 2.96. The molecule has 7 heteroatoms. The number of aliphatic hydroxyl groups is 1. The fourth-order valence-electron chi connectivity index (χ4n) is 2.96. The molecule has 3 rings (SSSR count). The summed E-state index contributed by atoms with van der Waals surface area (Å²) < 4.78 is 10.7. The molecule has 24 heavy (non-hydrogen) atoms. The fraction of sp³-hybridized carbons (Fsp3) is 0.647. The standard InChI is InChI=1S/C17H26N4O3/c1-12(2)16-18-17(24-19-16)13(3)21-8-6-20(7-9-21)11-14(22)15-5-4-10-23-15/h4-5,10,12-14,22H,6-9,11H2,1-3H3/t13-,14+/m1/s1. The van der Waals surface area contributed by atoms with E-state index in [2.05, 4.69) is 40.7 Å². The molecule has 0 saturated carbocycles. The van der Waals surface area contributed by atoms with E-state index >= 15 is 0 Å². The van der Waals surface area contributed by atoms with E-state index in [4.69, 9.17) is 8.94 Å². The highest BCUT2D eigenvalue weighted by molar-refractivity contribution is 5.02. The van der Waals surface area contributed by atoms with Crippen LogP contribution in [0.1, 0.15) is 56.3 Å². The predicted octanol–water partition coefficient (Wildman–Crippen LogP) is 2.20. The molecule has 1 aliphatic heterocycles. The lowest BCUT2D eigenvalue weighted by Crippen LogP contribution is -2.48. The Balaban J connectivity index is 1.50. The van der Waals surface area contributed by atoms with Crippen LogP contribution in [0.2, 0.25) is 0 Å². The van der Waals surface area contributed by atoms with Gasteiger partial charge in [-0.15, -0.1) is 0 Å². The minimum absolute atomic E-state index is 0.113. The molecule has 7 nitrogen and oxygen atoms in total. The molecule has 0 amide bonds. The van der Waals surface area contributed by atoms with Gasteiger partial charge in [0.2, 0.25) is 5.89 Å². The van der Waals surface area contributed by atoms with Gasteiger partial charge in [0.25, 0.3) is 0 Å². The highest BCUT2D eigenvalue weighted by Gasteiger charge is 2.27. The third kappa shape index (κ3) is 3.85. The Kier molecular flexibility index (Phi) is 5.33. The lowest BCUT2D eigenvalue weighted by Gasteiger charge is -2.37. The van der Waals surface area contributed by atoms with Crippen molar-refractivity contribution in [2.75, 3.05) is 32.7 Å². The van der Waals surface area contributed by atoms with Crippen LogP contribution in [0.25, 0.3) is 0 Å². The van der Waals surface area contributed by atoms with Crippen molar-refractivity contribution >= 4 is 0 Å². The molecule has 0 bridgehead atoms. The SMILES string of the molecule is CC(C)c1noc([C@@H](C)N2CCN(C[C@H](O)c3ccco3)CC2)n1. The second kappa shape index (κ2) is 7.46. The van der Waals surface area contributed by atoms with E-state index in [-0.39, 0.29) is 12.0 Å². The highest BCUT2D eigenvalue weighted by atomic mass is 16.5. The topological polar surface area (TPSA) is 78.8 Å². The molecule has 1 aliphatic rings. The van der Waals surface area contributed by atoms with Crippen LogP contribution in [0.5, 0.6) is 0 Å². The summed E-state index contributed by atoms with van der Waals surface area (Å²) in [5.41, 5.74) is 0. The monoisotopic (exact) mass is 334 g/mol. The van der Waals surface area contributed by atoms with Crippen molar-refractivity contribution < 1.29 is 14.0 Å². The second-order valence-corrected chi connectivity index (χ2v) is 6.69. The van der Waals surface area contributed by atoms with Crippen molar-refractivity contribution in [3.8, 4) is 0 Å². The zero-order valence-corrected chi connectivity index (χ0v) is 14.6. The quantitative estimate of drug-likeness (QED) is 0.867. The van der Waals surface area contributed by atoms with E-state index in [0.717, 1.165) is 32.0 Å². The van der Waals surface area contributed by atoms with E-state index in [1.165, 1.54) is 0 Å². The Morgan fingerprint density at radius 1 is 1.21 bits per heavy atom. The third-order valence-electron chi connectivity index (χ3n) is 4.59. The van der Waals surface area contributed by atoms with Crippen molar-refractivity contribution in [2.45, 2.75) is 38.8 Å². The van der Waals surface area contributed by atoms with Crippen molar-refractivity contribution in [1.82, 2.24) is 19.9 Å². The first kappa shape index (κ1) is 17.1. The Hall–Kier alpha value is -1.70. The Labute approximate surface area is 142 Å². The largest absolute Gasteiger partial charge is 0.467 e. The van der Waals surface area contributed by atoms with Gasteiger partial charge in [-0.2, -0.15) is 4.98 Å². The van der Waals surface area contributed by atoms with Gasteiger partial charge in [-0.3, -0.25) is 9.80 Å². The second-order valence-electron chi connectivity index (χ2n) is 6.69. The van der Waals surface area contributed by atoms with Gasteiger partial charge in [-0.05, 0) is 19.1 Å². The molecule has 2 atom stereocenters. The van der Waals surface area contributed by atoms with Crippen LogP contribution in [0.4, 0.5) is 0 Å². The normalized spacial score (nSPS) is 19.7. The summed E-state index contributed by atoms with van der Waals surface area (Å²) in [5.74, 6) is 2.34. The van der Waals surface area contributed by atoms with Crippen LogP contribution in [0, 0.1) is 0 Å². The number of hydrogen-bond donors (Lipinski definition) is 1. The number of aromatic nitrogens is 2. The summed E-state index contributed by atoms with van der Waals surface area (Å²) in [6.45, 7) is 10.4. The number of nitrogens with zero attached hydrogens (tertiary/aromatic N) is 4. The Bertz CT molecular complexity index is 618. The van der Waals surface area contributed by atoms with Crippen molar-refractivity contribution in [3.63, 3.8) is 0 Å². The average Bonchev–Trinajstić information content (AvgIpc) is 3.26. The van der Waals surface area contributed by atoms with Crippen molar-refractivity contribution in [1.29, 1.82) is 0 Å². The molecule has 2 aromatic rings. The van der Waals surface area contributed by atoms with Gasteiger partial charge >= 0.3 is 0 Å². The zero-order chi connectivity index (χ0) is 17.1. The number of rotatable bonds is 6. The average molecular weight is 334 g/mol. The van der Waals surface area contributed by atoms with E-state index in [9.17, 15) is 5.11 Å². The molecule has 0 aliphatic carbocycles. The van der Waals surface area contributed by atoms with Crippen LogP contribution < -0.4 is 0 Å². The molecule has 0 aromatic carbocycles. The van der Waals surface area contributed by atoms with Crippen LogP contribution in [0.15, 0.2) is 27.3 Å². The van der Waals surface area contributed by atoms with Crippen LogP contribution in [-0.4, -0.2) is 57.8 Å². The van der Waals surface area contributed by atoms with E-state index < -0.39 is 6.10 Å². The minimum atomic E-state index is -0.575. The summed E-state index contributed by atoms with van der Waals surface area (Å²) in [5, 5.41) is 14.2. The van der Waals surface area contributed by atoms with E-state index in [1.54, 1.807) is 12.3 Å². The van der Waals surface area contributed by atoms with Crippen molar-refractivity contribution in [2.24, 2.45) is 0 Å². The molecule has 3 heterocycles. The number of aliphatic hydroxyl groups excluding tert-OH is 1. The maximum absolute atomic E-state index is 10.2. The molecule has 132 valence electrons. The van der Waals surface area contributed by atoms with Gasteiger partial charge < -0.3 is 14.0 Å². The summed E-state index contributed by atoms with van der Waals surface area (Å²) in [4.78, 5) is 9.09. The van der Waals surface area contributed by atoms with Gasteiger partial charge in [0, 0.05) is 38.6 Å². The third-order valence-corrected chi connectivity index (χ3v) is 4.59. The number of furan rings is 1. The predicted molar refractivity (Wildman–Crippen MR) is 88.5 cm³/mol. The molecule has 1 saturated heterocycles. The van der Waals surface area contributed by atoms with E-state index in [1.807, 2.05) is 6.07 Å². The minimum Gasteiger partial charge on any atom is -0.467 e. The van der Waals surface area contributed by atoms with Gasteiger partial charge in [0.15, 0.2) is 5.82 Å². The number of hydrogen-bond acceptors (Lipinski definition) is 7. The molecule has 2 aromatic heterocycles. The maximum Gasteiger partial charge on any atom is 0.243 e. The van der Waals surface area contributed by atoms with Gasteiger partial charge in [-0.25, -0.2) is 0 Å². The lowest BCUT2D eigenvalue weighted by molar-refractivity contribution is 0.0452. The van der Waals surface area contributed by atoms with Crippen LogP contribution in [0.3, 0.4) is 0 Å². The van der Waals surface area contributed by atoms with Gasteiger partial charge in [-0.1, -0.05) is 19.0 Å². The lowest BCUT2D eigenvalue weighted by atomic mass is 10.2. The van der Waals surface area contributed by atoms with E-state index in [0.29, 0.717) is 18.2 Å². The molecular weight excluding hydrogens is 308 g/mol.